The summed E-state index contributed by atoms with van der Waals surface area (Å²) < 4.78 is 22.0. The van der Waals surface area contributed by atoms with Crippen molar-refractivity contribution in [1.29, 1.82) is 0 Å². The van der Waals surface area contributed by atoms with Crippen molar-refractivity contribution in [1.82, 2.24) is 0 Å². The second kappa shape index (κ2) is 7.99. The number of benzene rings is 2. The molecule has 0 bridgehead atoms. The van der Waals surface area contributed by atoms with Gasteiger partial charge in [-0.1, -0.05) is 43.0 Å². The monoisotopic (exact) mass is 326 g/mol. The van der Waals surface area contributed by atoms with Gasteiger partial charge in [0.2, 0.25) is 0 Å². The van der Waals surface area contributed by atoms with Crippen LogP contribution in [0, 0.1) is 0 Å². The summed E-state index contributed by atoms with van der Waals surface area (Å²) in [4.78, 5) is 0. The number of rotatable bonds is 9. The lowest BCUT2D eigenvalue weighted by Gasteiger charge is -2.12. The van der Waals surface area contributed by atoms with Gasteiger partial charge in [0.05, 0.1) is 26.9 Å². The molecule has 4 nitrogen and oxygen atoms in total. The highest BCUT2D eigenvalue weighted by Crippen LogP contribution is 2.29. The topological polar surface area (TPSA) is 40.2 Å². The maximum Gasteiger partial charge on any atom is 0.161 e. The molecule has 0 saturated carbocycles. The lowest BCUT2D eigenvalue weighted by atomic mass is 10.1. The summed E-state index contributed by atoms with van der Waals surface area (Å²) in [6.07, 6.45) is 2.06. The van der Waals surface area contributed by atoms with Gasteiger partial charge >= 0.3 is 0 Å². The van der Waals surface area contributed by atoms with Crippen molar-refractivity contribution in [2.75, 3.05) is 20.3 Å². The Kier molecular flexibility index (Phi) is 5.51. The average molecular weight is 326 g/mol. The zero-order valence-electron chi connectivity index (χ0n) is 13.9. The molecule has 0 aliphatic carbocycles. The SMILES string of the molecule is C=Cc1ccc(COCc2ccc(OCC3CO3)c(OC)c2)cc1. The van der Waals surface area contributed by atoms with Gasteiger partial charge in [-0.25, -0.2) is 0 Å². The number of hydrogen-bond acceptors (Lipinski definition) is 4. The third-order valence-corrected chi connectivity index (χ3v) is 3.81. The third kappa shape index (κ3) is 4.60. The lowest BCUT2D eigenvalue weighted by Crippen LogP contribution is -2.05. The average Bonchev–Trinajstić information content (AvgIpc) is 3.45. The quantitative estimate of drug-likeness (QED) is 0.657. The normalized spacial score (nSPS) is 15.8. The first-order chi connectivity index (χ1) is 11.8. The molecule has 0 aromatic heterocycles. The van der Waals surface area contributed by atoms with Gasteiger partial charge in [0.15, 0.2) is 11.5 Å². The van der Waals surface area contributed by atoms with E-state index >= 15 is 0 Å². The molecule has 1 aliphatic rings. The molecule has 3 rings (SSSR count). The second-order valence-electron chi connectivity index (χ2n) is 5.69. The minimum atomic E-state index is 0.227. The van der Waals surface area contributed by atoms with E-state index in [0.29, 0.717) is 25.6 Å². The first-order valence-electron chi connectivity index (χ1n) is 7.99. The standard InChI is InChI=1S/C20H22O4/c1-3-15-4-6-16(7-5-15)11-22-12-17-8-9-19(20(10-17)21-2)24-14-18-13-23-18/h3-10,18H,1,11-14H2,2H3. The van der Waals surface area contributed by atoms with Gasteiger partial charge in [-0.05, 0) is 28.8 Å². The van der Waals surface area contributed by atoms with Gasteiger partial charge in [0.25, 0.3) is 0 Å². The van der Waals surface area contributed by atoms with E-state index < -0.39 is 0 Å². The molecule has 1 atom stereocenters. The summed E-state index contributed by atoms with van der Waals surface area (Å²) in [5.41, 5.74) is 3.29. The maximum absolute atomic E-state index is 5.78. The van der Waals surface area contributed by atoms with Crippen LogP contribution in [-0.2, 0) is 22.7 Å². The van der Waals surface area contributed by atoms with Crippen LogP contribution in [0.5, 0.6) is 11.5 Å². The largest absolute Gasteiger partial charge is 0.493 e. The molecule has 2 aromatic rings. The fourth-order valence-electron chi connectivity index (χ4n) is 2.30. The highest BCUT2D eigenvalue weighted by molar-refractivity contribution is 5.47. The van der Waals surface area contributed by atoms with Gasteiger partial charge in [-0.15, -0.1) is 0 Å². The van der Waals surface area contributed by atoms with E-state index in [1.165, 1.54) is 0 Å². The molecular formula is C20H22O4. The van der Waals surface area contributed by atoms with Crippen LogP contribution in [0.25, 0.3) is 6.08 Å². The molecule has 0 spiro atoms. The van der Waals surface area contributed by atoms with E-state index in [-0.39, 0.29) is 6.10 Å². The molecule has 0 radical (unpaired) electrons. The number of ether oxygens (including phenoxy) is 4. The Balaban J connectivity index is 1.52. The summed E-state index contributed by atoms with van der Waals surface area (Å²) >= 11 is 0. The Bertz CT molecular complexity index is 675. The van der Waals surface area contributed by atoms with Crippen molar-refractivity contribution in [2.24, 2.45) is 0 Å². The minimum Gasteiger partial charge on any atom is -0.493 e. The van der Waals surface area contributed by atoms with E-state index in [1.807, 2.05) is 36.4 Å². The van der Waals surface area contributed by atoms with Gasteiger partial charge in [-0.3, -0.25) is 0 Å². The zero-order chi connectivity index (χ0) is 16.8. The molecule has 24 heavy (non-hydrogen) atoms. The smallest absolute Gasteiger partial charge is 0.161 e. The van der Waals surface area contributed by atoms with E-state index in [2.05, 4.69) is 18.7 Å². The molecular weight excluding hydrogens is 304 g/mol. The van der Waals surface area contributed by atoms with Crippen molar-refractivity contribution in [3.63, 3.8) is 0 Å². The van der Waals surface area contributed by atoms with Crippen LogP contribution in [0.2, 0.25) is 0 Å². The summed E-state index contributed by atoms with van der Waals surface area (Å²) in [6, 6.07) is 14.0. The maximum atomic E-state index is 5.78. The van der Waals surface area contributed by atoms with Crippen molar-refractivity contribution in [3.8, 4) is 11.5 Å². The van der Waals surface area contributed by atoms with Crippen LogP contribution in [0.3, 0.4) is 0 Å². The molecule has 0 amide bonds. The van der Waals surface area contributed by atoms with E-state index in [0.717, 1.165) is 29.0 Å². The first-order valence-corrected chi connectivity index (χ1v) is 7.99. The van der Waals surface area contributed by atoms with Crippen LogP contribution in [0.1, 0.15) is 16.7 Å². The van der Waals surface area contributed by atoms with E-state index in [1.54, 1.807) is 7.11 Å². The molecule has 1 aliphatic heterocycles. The number of hydrogen-bond donors (Lipinski definition) is 0. The Hall–Kier alpha value is -2.30. The van der Waals surface area contributed by atoms with Crippen LogP contribution in [-0.4, -0.2) is 26.4 Å². The van der Waals surface area contributed by atoms with Gasteiger partial charge in [0.1, 0.15) is 12.7 Å². The van der Waals surface area contributed by atoms with E-state index in [9.17, 15) is 0 Å². The molecule has 0 N–H and O–H groups in total. The summed E-state index contributed by atoms with van der Waals surface area (Å²) in [7, 11) is 1.64. The Morgan fingerprint density at radius 1 is 1.08 bits per heavy atom. The van der Waals surface area contributed by atoms with Crippen LogP contribution in [0.15, 0.2) is 49.0 Å². The van der Waals surface area contributed by atoms with Crippen LogP contribution >= 0.6 is 0 Å². The Morgan fingerprint density at radius 3 is 2.46 bits per heavy atom. The summed E-state index contributed by atoms with van der Waals surface area (Å²) in [5.74, 6) is 1.45. The zero-order valence-corrected chi connectivity index (χ0v) is 13.9. The predicted octanol–water partition coefficient (Wildman–Crippen LogP) is 3.83. The summed E-state index contributed by atoms with van der Waals surface area (Å²) in [5, 5.41) is 0. The van der Waals surface area contributed by atoms with Crippen molar-refractivity contribution >= 4 is 6.08 Å². The lowest BCUT2D eigenvalue weighted by molar-refractivity contribution is 0.107. The molecule has 126 valence electrons. The number of epoxide rings is 1. The van der Waals surface area contributed by atoms with E-state index in [4.69, 9.17) is 18.9 Å². The highest BCUT2D eigenvalue weighted by atomic mass is 16.6. The molecule has 1 saturated heterocycles. The highest BCUT2D eigenvalue weighted by Gasteiger charge is 2.23. The molecule has 1 heterocycles. The fourth-order valence-corrected chi connectivity index (χ4v) is 2.30. The molecule has 4 heteroatoms. The minimum absolute atomic E-state index is 0.227. The second-order valence-corrected chi connectivity index (χ2v) is 5.69. The number of methoxy groups -OCH3 is 1. The van der Waals surface area contributed by atoms with Crippen molar-refractivity contribution < 1.29 is 18.9 Å². The summed E-state index contributed by atoms with van der Waals surface area (Å²) in [6.45, 7) is 6.18. The third-order valence-electron chi connectivity index (χ3n) is 3.81. The fraction of sp³-hybridized carbons (Fsp3) is 0.300. The first kappa shape index (κ1) is 16.6. The van der Waals surface area contributed by atoms with Crippen LogP contribution in [0.4, 0.5) is 0 Å². The van der Waals surface area contributed by atoms with Crippen molar-refractivity contribution in [2.45, 2.75) is 19.3 Å². The Morgan fingerprint density at radius 2 is 1.79 bits per heavy atom. The van der Waals surface area contributed by atoms with Gasteiger partial charge in [0, 0.05) is 0 Å². The van der Waals surface area contributed by atoms with Gasteiger partial charge in [-0.2, -0.15) is 0 Å². The Labute approximate surface area is 142 Å². The predicted molar refractivity (Wildman–Crippen MR) is 93.3 cm³/mol. The van der Waals surface area contributed by atoms with Crippen LogP contribution < -0.4 is 9.47 Å². The van der Waals surface area contributed by atoms with Gasteiger partial charge < -0.3 is 18.9 Å². The molecule has 1 fully saturated rings. The molecule has 1 unspecified atom stereocenters. The van der Waals surface area contributed by atoms with Crippen molar-refractivity contribution in [3.05, 3.63) is 65.7 Å². The molecule has 2 aromatic carbocycles.